The Labute approximate surface area is 126 Å². The van der Waals surface area contributed by atoms with Crippen LogP contribution in [0.15, 0.2) is 34.9 Å². The average Bonchev–Trinajstić information content (AvgIpc) is 2.98. The van der Waals surface area contributed by atoms with Crippen LogP contribution in [0, 0.1) is 0 Å². The minimum absolute atomic E-state index is 0.688. The maximum atomic E-state index is 5.38. The van der Waals surface area contributed by atoms with Crippen molar-refractivity contribution >= 4 is 15.9 Å². The molecule has 0 bridgehead atoms. The van der Waals surface area contributed by atoms with E-state index in [1.54, 1.807) is 0 Å². The highest BCUT2D eigenvalue weighted by Gasteiger charge is 2.12. The number of benzene rings is 1. The first-order valence-electron chi connectivity index (χ1n) is 6.76. The summed E-state index contributed by atoms with van der Waals surface area (Å²) in [5.41, 5.74) is 3.29. The molecule has 0 spiro atoms. The molecule has 3 rings (SSSR count). The van der Waals surface area contributed by atoms with Crippen molar-refractivity contribution in [2.24, 2.45) is 0 Å². The zero-order valence-corrected chi connectivity index (χ0v) is 12.8. The van der Waals surface area contributed by atoms with E-state index in [1.807, 2.05) is 6.07 Å². The lowest BCUT2D eigenvalue weighted by atomic mass is 10.1. The van der Waals surface area contributed by atoms with Crippen LogP contribution in [0.4, 0.5) is 0 Å². The van der Waals surface area contributed by atoms with Crippen LogP contribution in [0.1, 0.15) is 11.3 Å². The second kappa shape index (κ2) is 6.52. The van der Waals surface area contributed by atoms with Crippen LogP contribution in [0.3, 0.4) is 0 Å². The van der Waals surface area contributed by atoms with E-state index < -0.39 is 0 Å². The Morgan fingerprint density at radius 2 is 2.05 bits per heavy atom. The van der Waals surface area contributed by atoms with Gasteiger partial charge in [-0.3, -0.25) is 4.90 Å². The smallest absolute Gasteiger partial charge is 0.147 e. The van der Waals surface area contributed by atoms with E-state index in [1.165, 1.54) is 5.56 Å². The fraction of sp³-hybridized carbons (Fsp3) is 0.400. The normalized spacial score (nSPS) is 16.4. The molecule has 0 N–H and O–H groups in total. The van der Waals surface area contributed by atoms with E-state index in [9.17, 15) is 0 Å². The Morgan fingerprint density at radius 1 is 1.20 bits per heavy atom. The van der Waals surface area contributed by atoms with Gasteiger partial charge in [0.15, 0.2) is 0 Å². The van der Waals surface area contributed by atoms with Gasteiger partial charge in [-0.1, -0.05) is 39.3 Å². The summed E-state index contributed by atoms with van der Waals surface area (Å²) in [4.78, 5) is 2.41. The summed E-state index contributed by atoms with van der Waals surface area (Å²) < 4.78 is 10.6. The first-order valence-corrected chi connectivity index (χ1v) is 7.88. The van der Waals surface area contributed by atoms with E-state index in [2.05, 4.69) is 50.3 Å². The molecule has 1 aromatic heterocycles. The maximum Gasteiger partial charge on any atom is 0.147 e. The van der Waals surface area contributed by atoms with Crippen molar-refractivity contribution in [2.75, 3.05) is 26.3 Å². The lowest BCUT2D eigenvalue weighted by Gasteiger charge is -2.26. The van der Waals surface area contributed by atoms with Crippen molar-refractivity contribution in [3.8, 4) is 11.3 Å². The zero-order chi connectivity index (χ0) is 13.8. The molecule has 0 unspecified atom stereocenters. The Balaban J connectivity index is 1.74. The van der Waals surface area contributed by atoms with Crippen LogP contribution in [-0.2, 0) is 16.6 Å². The van der Waals surface area contributed by atoms with E-state index in [4.69, 9.17) is 9.26 Å². The number of rotatable bonds is 4. The van der Waals surface area contributed by atoms with Gasteiger partial charge in [0.05, 0.1) is 18.5 Å². The molecule has 0 aliphatic carbocycles. The molecular formula is C15H17BrN2O2. The monoisotopic (exact) mass is 336 g/mol. The van der Waals surface area contributed by atoms with Crippen LogP contribution in [0.5, 0.6) is 0 Å². The molecule has 1 fully saturated rings. The molecule has 1 aromatic carbocycles. The molecule has 2 heterocycles. The number of aromatic nitrogens is 1. The Kier molecular flexibility index (Phi) is 4.50. The van der Waals surface area contributed by atoms with Gasteiger partial charge in [-0.15, -0.1) is 0 Å². The number of hydrogen-bond acceptors (Lipinski definition) is 4. The predicted molar refractivity (Wildman–Crippen MR) is 80.7 cm³/mol. The number of ether oxygens (including phenoxy) is 1. The molecular weight excluding hydrogens is 320 g/mol. The lowest BCUT2D eigenvalue weighted by Crippen LogP contribution is -2.35. The van der Waals surface area contributed by atoms with Gasteiger partial charge >= 0.3 is 0 Å². The van der Waals surface area contributed by atoms with Crippen LogP contribution < -0.4 is 0 Å². The van der Waals surface area contributed by atoms with E-state index >= 15 is 0 Å². The zero-order valence-electron chi connectivity index (χ0n) is 11.2. The Bertz CT molecular complexity index is 565. The van der Waals surface area contributed by atoms with Gasteiger partial charge in [0.2, 0.25) is 0 Å². The highest BCUT2D eigenvalue weighted by molar-refractivity contribution is 9.08. The second-order valence-corrected chi connectivity index (χ2v) is 5.46. The predicted octanol–water partition coefficient (Wildman–Crippen LogP) is 3.07. The summed E-state index contributed by atoms with van der Waals surface area (Å²) in [6.07, 6.45) is 0. The minimum Gasteiger partial charge on any atom is -0.379 e. The molecule has 0 radical (unpaired) electrons. The van der Waals surface area contributed by atoms with Gasteiger partial charge in [0, 0.05) is 31.3 Å². The maximum absolute atomic E-state index is 5.38. The highest BCUT2D eigenvalue weighted by atomic mass is 79.9. The van der Waals surface area contributed by atoms with Crippen molar-refractivity contribution in [3.05, 3.63) is 41.7 Å². The molecule has 1 aliphatic heterocycles. The van der Waals surface area contributed by atoms with Crippen LogP contribution >= 0.6 is 15.9 Å². The standard InChI is InChI=1S/C15H17BrN2O2/c16-10-14-9-15(17-20-14)13-3-1-2-12(8-13)11-18-4-6-19-7-5-18/h1-3,8-9H,4-7,10-11H2. The molecule has 4 nitrogen and oxygen atoms in total. The van der Waals surface area contributed by atoms with Gasteiger partial charge < -0.3 is 9.26 Å². The topological polar surface area (TPSA) is 38.5 Å². The third kappa shape index (κ3) is 3.29. The summed E-state index contributed by atoms with van der Waals surface area (Å²) in [7, 11) is 0. The molecule has 2 aromatic rings. The summed E-state index contributed by atoms with van der Waals surface area (Å²) >= 11 is 3.37. The molecule has 1 saturated heterocycles. The van der Waals surface area contributed by atoms with Gasteiger partial charge in [0.1, 0.15) is 11.5 Å². The van der Waals surface area contributed by atoms with Gasteiger partial charge in [-0.25, -0.2) is 0 Å². The number of hydrogen-bond donors (Lipinski definition) is 0. The Morgan fingerprint density at radius 3 is 2.80 bits per heavy atom. The highest BCUT2D eigenvalue weighted by Crippen LogP contribution is 2.22. The molecule has 0 amide bonds. The summed E-state index contributed by atoms with van der Waals surface area (Å²) in [6.45, 7) is 4.62. The van der Waals surface area contributed by atoms with Crippen molar-refractivity contribution in [3.63, 3.8) is 0 Å². The minimum atomic E-state index is 0.688. The Hall–Kier alpha value is -1.17. The van der Waals surface area contributed by atoms with Crippen molar-refractivity contribution in [2.45, 2.75) is 11.9 Å². The number of alkyl halides is 1. The molecule has 0 atom stereocenters. The number of morpholine rings is 1. The first-order chi connectivity index (χ1) is 9.85. The lowest BCUT2D eigenvalue weighted by molar-refractivity contribution is 0.0342. The molecule has 1 aliphatic rings. The van der Waals surface area contributed by atoms with Crippen LogP contribution in [-0.4, -0.2) is 36.4 Å². The third-order valence-corrected chi connectivity index (χ3v) is 3.98. The SMILES string of the molecule is BrCc1cc(-c2cccc(CN3CCOCC3)c2)no1. The fourth-order valence-corrected chi connectivity index (χ4v) is 2.62. The average molecular weight is 337 g/mol. The molecule has 106 valence electrons. The quantitative estimate of drug-likeness (QED) is 0.804. The van der Waals surface area contributed by atoms with Crippen molar-refractivity contribution in [1.82, 2.24) is 10.1 Å². The largest absolute Gasteiger partial charge is 0.379 e. The van der Waals surface area contributed by atoms with Crippen LogP contribution in [0.2, 0.25) is 0 Å². The van der Waals surface area contributed by atoms with E-state index in [-0.39, 0.29) is 0 Å². The van der Waals surface area contributed by atoms with Crippen molar-refractivity contribution in [1.29, 1.82) is 0 Å². The first kappa shape index (κ1) is 13.8. The van der Waals surface area contributed by atoms with Gasteiger partial charge in [-0.05, 0) is 11.6 Å². The second-order valence-electron chi connectivity index (χ2n) is 4.90. The van der Waals surface area contributed by atoms with Crippen molar-refractivity contribution < 1.29 is 9.26 Å². The summed E-state index contributed by atoms with van der Waals surface area (Å²) in [5, 5.41) is 4.79. The van der Waals surface area contributed by atoms with E-state index in [0.717, 1.165) is 49.9 Å². The fourth-order valence-electron chi connectivity index (χ4n) is 2.36. The molecule has 20 heavy (non-hydrogen) atoms. The number of halogens is 1. The van der Waals surface area contributed by atoms with E-state index in [0.29, 0.717) is 5.33 Å². The summed E-state index contributed by atoms with van der Waals surface area (Å²) in [6, 6.07) is 10.5. The molecule has 5 heteroatoms. The van der Waals surface area contributed by atoms with Gasteiger partial charge in [0.25, 0.3) is 0 Å². The molecule has 0 saturated carbocycles. The third-order valence-electron chi connectivity index (χ3n) is 3.42. The number of nitrogens with zero attached hydrogens (tertiary/aromatic N) is 2. The van der Waals surface area contributed by atoms with Gasteiger partial charge in [-0.2, -0.15) is 0 Å². The van der Waals surface area contributed by atoms with Crippen LogP contribution in [0.25, 0.3) is 11.3 Å². The summed E-state index contributed by atoms with van der Waals surface area (Å²) in [5.74, 6) is 0.846.